The van der Waals surface area contributed by atoms with Gasteiger partial charge in [-0.1, -0.05) is 29.3 Å². The molecule has 0 aliphatic heterocycles. The van der Waals surface area contributed by atoms with Crippen molar-refractivity contribution >= 4 is 34.8 Å². The summed E-state index contributed by atoms with van der Waals surface area (Å²) in [5, 5.41) is 3.27. The summed E-state index contributed by atoms with van der Waals surface area (Å²) in [5.41, 5.74) is 0.651. The third-order valence-corrected chi connectivity index (χ3v) is 2.50. The molecule has 6 heteroatoms. The van der Waals surface area contributed by atoms with E-state index >= 15 is 0 Å². The Labute approximate surface area is 108 Å². The summed E-state index contributed by atoms with van der Waals surface area (Å²) in [6.45, 7) is 0. The van der Waals surface area contributed by atoms with Crippen molar-refractivity contribution in [2.24, 2.45) is 0 Å². The Bertz CT molecular complexity index is 560. The Morgan fingerprint density at radius 1 is 1.24 bits per heavy atom. The molecule has 2 aromatic rings. The minimum Gasteiger partial charge on any atom is -0.318 e. The van der Waals surface area contributed by atoms with Gasteiger partial charge in [0.05, 0.1) is 16.9 Å². The number of hydrogen-bond acceptors (Lipinski definition) is 3. The lowest BCUT2D eigenvalue weighted by Crippen LogP contribution is -2.14. The van der Waals surface area contributed by atoms with Crippen molar-refractivity contribution in [2.75, 3.05) is 5.32 Å². The number of anilines is 1. The van der Waals surface area contributed by atoms with Crippen LogP contribution in [0.2, 0.25) is 10.2 Å². The van der Waals surface area contributed by atoms with Gasteiger partial charge in [0.25, 0.3) is 5.91 Å². The third kappa shape index (κ3) is 2.93. The van der Waals surface area contributed by atoms with Crippen LogP contribution in [0.1, 0.15) is 10.5 Å². The molecular formula is C11H7Cl2N3O. The van der Waals surface area contributed by atoms with Gasteiger partial charge in [0.1, 0.15) is 10.8 Å². The molecule has 0 saturated carbocycles. The topological polar surface area (TPSA) is 54.9 Å². The Morgan fingerprint density at radius 3 is 2.76 bits per heavy atom. The third-order valence-electron chi connectivity index (χ3n) is 1.96. The number of hydrogen-bond donors (Lipinski definition) is 1. The Kier molecular flexibility index (Phi) is 3.56. The molecule has 0 aliphatic rings. The van der Waals surface area contributed by atoms with E-state index in [1.54, 1.807) is 24.3 Å². The Morgan fingerprint density at radius 2 is 2.06 bits per heavy atom. The second-order valence-electron chi connectivity index (χ2n) is 3.16. The fourth-order valence-electron chi connectivity index (χ4n) is 1.19. The smallest absolute Gasteiger partial charge is 0.274 e. The maximum atomic E-state index is 11.8. The fraction of sp³-hybridized carbons (Fsp3) is 0. The van der Waals surface area contributed by atoms with E-state index in [1.807, 2.05) is 0 Å². The van der Waals surface area contributed by atoms with Gasteiger partial charge in [-0.05, 0) is 18.2 Å². The van der Waals surface area contributed by atoms with Crippen LogP contribution in [0.5, 0.6) is 0 Å². The molecule has 17 heavy (non-hydrogen) atoms. The van der Waals surface area contributed by atoms with Crippen LogP contribution in [0.4, 0.5) is 5.69 Å². The molecule has 0 aliphatic carbocycles. The molecule has 0 bridgehead atoms. The molecule has 0 unspecified atom stereocenters. The molecule has 0 radical (unpaired) electrons. The first-order valence-electron chi connectivity index (χ1n) is 4.70. The number of nitrogens with zero attached hydrogens (tertiary/aromatic N) is 2. The van der Waals surface area contributed by atoms with Gasteiger partial charge < -0.3 is 5.32 Å². The predicted octanol–water partition coefficient (Wildman–Crippen LogP) is 3.04. The Balaban J connectivity index is 2.20. The van der Waals surface area contributed by atoms with E-state index < -0.39 is 0 Å². The molecule has 0 fully saturated rings. The van der Waals surface area contributed by atoms with Crippen molar-refractivity contribution in [1.29, 1.82) is 0 Å². The summed E-state index contributed by atoms with van der Waals surface area (Å²) in [6.07, 6.45) is 3.00. The van der Waals surface area contributed by atoms with Gasteiger partial charge in [0.15, 0.2) is 0 Å². The summed E-state index contributed by atoms with van der Waals surface area (Å²) in [6, 6.07) is 6.39. The molecule has 86 valence electrons. The lowest BCUT2D eigenvalue weighted by Gasteiger charge is -2.05. The number of nitrogens with one attached hydrogen (secondary N) is 1. The van der Waals surface area contributed by atoms with Crippen LogP contribution >= 0.6 is 23.2 Å². The zero-order chi connectivity index (χ0) is 12.3. The van der Waals surface area contributed by atoms with Crippen molar-refractivity contribution < 1.29 is 4.79 Å². The van der Waals surface area contributed by atoms with Gasteiger partial charge in [-0.3, -0.25) is 9.78 Å². The molecule has 4 nitrogen and oxygen atoms in total. The molecule has 0 aromatic carbocycles. The first kappa shape index (κ1) is 11.8. The van der Waals surface area contributed by atoms with Crippen molar-refractivity contribution in [2.45, 2.75) is 0 Å². The van der Waals surface area contributed by atoms with Crippen LogP contribution in [-0.2, 0) is 0 Å². The van der Waals surface area contributed by atoms with Gasteiger partial charge in [-0.2, -0.15) is 0 Å². The molecule has 0 saturated heterocycles. The SMILES string of the molecule is O=C(Nc1cnccc1Cl)c1cccc(Cl)n1. The minimum absolute atomic E-state index is 0.220. The van der Waals surface area contributed by atoms with Crippen LogP contribution < -0.4 is 5.32 Å². The second-order valence-corrected chi connectivity index (χ2v) is 3.95. The summed E-state index contributed by atoms with van der Waals surface area (Å²) in [4.78, 5) is 19.6. The minimum atomic E-state index is -0.387. The highest BCUT2D eigenvalue weighted by molar-refractivity contribution is 6.33. The van der Waals surface area contributed by atoms with Gasteiger partial charge >= 0.3 is 0 Å². The van der Waals surface area contributed by atoms with E-state index in [0.29, 0.717) is 10.7 Å². The van der Waals surface area contributed by atoms with Crippen molar-refractivity contribution in [3.63, 3.8) is 0 Å². The summed E-state index contributed by atoms with van der Waals surface area (Å²) in [7, 11) is 0. The molecular weight excluding hydrogens is 261 g/mol. The zero-order valence-electron chi connectivity index (χ0n) is 8.52. The quantitative estimate of drug-likeness (QED) is 0.851. The second kappa shape index (κ2) is 5.12. The number of halogens is 2. The standard InChI is InChI=1S/C11H7Cl2N3O/c12-7-4-5-14-6-9(7)16-11(17)8-2-1-3-10(13)15-8/h1-6H,(H,16,17). The molecule has 1 N–H and O–H groups in total. The van der Waals surface area contributed by atoms with E-state index in [4.69, 9.17) is 23.2 Å². The van der Waals surface area contributed by atoms with Gasteiger partial charge in [0.2, 0.25) is 0 Å². The lowest BCUT2D eigenvalue weighted by atomic mass is 10.3. The molecule has 0 spiro atoms. The molecule has 2 heterocycles. The number of amides is 1. The van der Waals surface area contributed by atoms with Crippen LogP contribution in [0, 0.1) is 0 Å². The molecule has 2 rings (SSSR count). The lowest BCUT2D eigenvalue weighted by molar-refractivity contribution is 0.102. The van der Waals surface area contributed by atoms with E-state index in [2.05, 4.69) is 15.3 Å². The first-order valence-corrected chi connectivity index (χ1v) is 5.46. The monoisotopic (exact) mass is 267 g/mol. The highest BCUT2D eigenvalue weighted by Gasteiger charge is 2.09. The summed E-state index contributed by atoms with van der Waals surface area (Å²) in [5.74, 6) is -0.387. The number of carbonyl (C=O) groups is 1. The number of carbonyl (C=O) groups excluding carboxylic acids is 1. The van der Waals surface area contributed by atoms with Crippen molar-refractivity contribution in [3.8, 4) is 0 Å². The van der Waals surface area contributed by atoms with E-state index in [1.165, 1.54) is 12.4 Å². The fourth-order valence-corrected chi connectivity index (χ4v) is 1.51. The largest absolute Gasteiger partial charge is 0.318 e. The maximum absolute atomic E-state index is 11.8. The average Bonchev–Trinajstić information content (AvgIpc) is 2.32. The van der Waals surface area contributed by atoms with Crippen molar-refractivity contribution in [1.82, 2.24) is 9.97 Å². The highest BCUT2D eigenvalue weighted by atomic mass is 35.5. The highest BCUT2D eigenvalue weighted by Crippen LogP contribution is 2.19. The van der Waals surface area contributed by atoms with Crippen LogP contribution in [0.25, 0.3) is 0 Å². The maximum Gasteiger partial charge on any atom is 0.274 e. The average molecular weight is 268 g/mol. The van der Waals surface area contributed by atoms with E-state index in [0.717, 1.165) is 0 Å². The number of aromatic nitrogens is 2. The van der Waals surface area contributed by atoms with Gasteiger partial charge in [-0.25, -0.2) is 4.98 Å². The Hall–Kier alpha value is -1.65. The number of pyridine rings is 2. The van der Waals surface area contributed by atoms with Crippen molar-refractivity contribution in [3.05, 3.63) is 52.5 Å². The van der Waals surface area contributed by atoms with Crippen LogP contribution in [-0.4, -0.2) is 15.9 Å². The van der Waals surface area contributed by atoms with Gasteiger partial charge in [0, 0.05) is 6.20 Å². The molecule has 1 amide bonds. The zero-order valence-corrected chi connectivity index (χ0v) is 10.0. The molecule has 2 aromatic heterocycles. The first-order chi connectivity index (χ1) is 8.16. The van der Waals surface area contributed by atoms with Crippen LogP contribution in [0.3, 0.4) is 0 Å². The van der Waals surface area contributed by atoms with E-state index in [-0.39, 0.29) is 16.8 Å². The van der Waals surface area contributed by atoms with Gasteiger partial charge in [-0.15, -0.1) is 0 Å². The summed E-state index contributed by atoms with van der Waals surface area (Å²) >= 11 is 11.6. The van der Waals surface area contributed by atoms with E-state index in [9.17, 15) is 4.79 Å². The van der Waals surface area contributed by atoms with Crippen LogP contribution in [0.15, 0.2) is 36.7 Å². The number of rotatable bonds is 2. The normalized spacial score (nSPS) is 10.0. The molecule has 0 atom stereocenters. The summed E-state index contributed by atoms with van der Waals surface area (Å²) < 4.78 is 0. The predicted molar refractivity (Wildman–Crippen MR) is 66.4 cm³/mol.